The van der Waals surface area contributed by atoms with Gasteiger partial charge < -0.3 is 10.2 Å². The molecule has 8 heteroatoms. The van der Waals surface area contributed by atoms with Crippen molar-refractivity contribution in [2.45, 2.75) is 38.0 Å². The maximum absolute atomic E-state index is 14.0. The van der Waals surface area contributed by atoms with Gasteiger partial charge in [0.1, 0.15) is 11.5 Å². The summed E-state index contributed by atoms with van der Waals surface area (Å²) in [6.45, 7) is 2.72. The van der Waals surface area contributed by atoms with Crippen molar-refractivity contribution in [1.29, 1.82) is 0 Å². The molecule has 2 aromatic rings. The molecule has 0 aromatic heterocycles. The molecule has 0 aliphatic carbocycles. The van der Waals surface area contributed by atoms with Crippen LogP contribution in [0.1, 0.15) is 29.2 Å². The Morgan fingerprint density at radius 2 is 1.23 bits per heavy atom. The first-order valence-electron chi connectivity index (χ1n) is 7.62. The van der Waals surface area contributed by atoms with E-state index >= 15 is 0 Å². The van der Waals surface area contributed by atoms with E-state index in [4.69, 9.17) is 0 Å². The summed E-state index contributed by atoms with van der Waals surface area (Å²) in [6.07, 6.45) is -11.4. The normalized spacial score (nSPS) is 13.1. The topological polar surface area (TPSA) is 40.5 Å². The van der Waals surface area contributed by atoms with E-state index in [1.165, 1.54) is 13.8 Å². The first-order chi connectivity index (χ1) is 11.9. The first kappa shape index (κ1) is 19.9. The standard InChI is InChI=1S/C18H16F6O2/c1-3-11-9-13(5-7-15(11)26)16(17(19,20)21,18(22,23)24)12-4-6-14(25)10(2)8-12/h4-9,25-26H,3H2,1-2H3. The molecule has 0 amide bonds. The summed E-state index contributed by atoms with van der Waals surface area (Å²) in [5.41, 5.74) is -6.54. The number of halogens is 6. The summed E-state index contributed by atoms with van der Waals surface area (Å²) >= 11 is 0. The lowest BCUT2D eigenvalue weighted by atomic mass is 9.72. The van der Waals surface area contributed by atoms with Crippen LogP contribution in [0.4, 0.5) is 26.3 Å². The minimum absolute atomic E-state index is 0.0316. The van der Waals surface area contributed by atoms with Crippen LogP contribution in [0, 0.1) is 6.92 Å². The number of benzene rings is 2. The molecule has 0 radical (unpaired) electrons. The highest BCUT2D eigenvalue weighted by Crippen LogP contribution is 2.56. The lowest BCUT2D eigenvalue weighted by Crippen LogP contribution is -2.54. The number of rotatable bonds is 3. The van der Waals surface area contributed by atoms with E-state index in [1.807, 2.05) is 0 Å². The lowest BCUT2D eigenvalue weighted by Gasteiger charge is -2.38. The van der Waals surface area contributed by atoms with Crippen molar-refractivity contribution in [2.24, 2.45) is 0 Å². The van der Waals surface area contributed by atoms with Gasteiger partial charge in [-0.3, -0.25) is 0 Å². The van der Waals surface area contributed by atoms with Crippen molar-refractivity contribution >= 4 is 0 Å². The maximum atomic E-state index is 14.0. The molecule has 0 fully saturated rings. The summed E-state index contributed by atoms with van der Waals surface area (Å²) < 4.78 is 83.8. The third-order valence-corrected chi connectivity index (χ3v) is 4.37. The van der Waals surface area contributed by atoms with Crippen LogP contribution in [-0.4, -0.2) is 22.6 Å². The molecule has 26 heavy (non-hydrogen) atoms. The Balaban J connectivity index is 2.96. The van der Waals surface area contributed by atoms with Gasteiger partial charge in [-0.15, -0.1) is 0 Å². The third kappa shape index (κ3) is 2.97. The van der Waals surface area contributed by atoms with Gasteiger partial charge in [-0.2, -0.15) is 26.3 Å². The monoisotopic (exact) mass is 378 g/mol. The molecule has 0 spiro atoms. The Kier molecular flexibility index (Phi) is 4.91. The second kappa shape index (κ2) is 6.41. The first-order valence-corrected chi connectivity index (χ1v) is 7.62. The van der Waals surface area contributed by atoms with Gasteiger partial charge in [-0.05, 0) is 47.7 Å². The zero-order valence-corrected chi connectivity index (χ0v) is 13.8. The van der Waals surface area contributed by atoms with Crippen LogP contribution in [0.5, 0.6) is 11.5 Å². The van der Waals surface area contributed by atoms with Crippen molar-refractivity contribution in [3.05, 3.63) is 58.7 Å². The molecule has 2 N–H and O–H groups in total. The Labute approximate surface area is 145 Å². The largest absolute Gasteiger partial charge is 0.508 e. The molecule has 0 heterocycles. The molecule has 0 aliphatic heterocycles. The fourth-order valence-corrected chi connectivity index (χ4v) is 2.97. The Morgan fingerprint density at radius 3 is 1.65 bits per heavy atom. The number of aromatic hydroxyl groups is 2. The number of phenols is 2. The van der Waals surface area contributed by atoms with Crippen LogP contribution in [-0.2, 0) is 11.8 Å². The molecule has 2 aromatic carbocycles. The van der Waals surface area contributed by atoms with Crippen LogP contribution in [0.3, 0.4) is 0 Å². The molecule has 0 atom stereocenters. The fourth-order valence-electron chi connectivity index (χ4n) is 2.97. The summed E-state index contributed by atoms with van der Waals surface area (Å²) in [5.74, 6) is -0.789. The van der Waals surface area contributed by atoms with E-state index in [2.05, 4.69) is 0 Å². The van der Waals surface area contributed by atoms with Crippen LogP contribution in [0.15, 0.2) is 36.4 Å². The molecule has 0 saturated heterocycles. The van der Waals surface area contributed by atoms with Crippen molar-refractivity contribution in [2.75, 3.05) is 0 Å². The average Bonchev–Trinajstić information content (AvgIpc) is 2.50. The number of hydrogen-bond donors (Lipinski definition) is 2. The second-order valence-corrected chi connectivity index (χ2v) is 5.94. The van der Waals surface area contributed by atoms with Gasteiger partial charge >= 0.3 is 12.4 Å². The molecule has 142 valence electrons. The second-order valence-electron chi connectivity index (χ2n) is 5.94. The van der Waals surface area contributed by atoms with Gasteiger partial charge in [0.25, 0.3) is 0 Å². The summed E-state index contributed by atoms with van der Waals surface area (Å²) in [4.78, 5) is 0. The highest BCUT2D eigenvalue weighted by molar-refractivity contribution is 5.50. The maximum Gasteiger partial charge on any atom is 0.411 e. The molecule has 0 unspecified atom stereocenters. The smallest absolute Gasteiger partial charge is 0.411 e. The highest BCUT2D eigenvalue weighted by Gasteiger charge is 2.72. The Bertz CT molecular complexity index is 794. The molecular weight excluding hydrogens is 362 g/mol. The van der Waals surface area contributed by atoms with Crippen molar-refractivity contribution < 1.29 is 36.6 Å². The minimum Gasteiger partial charge on any atom is -0.508 e. The number of aryl methyl sites for hydroxylation is 2. The van der Waals surface area contributed by atoms with E-state index < -0.39 is 34.6 Å². The molecule has 0 saturated carbocycles. The van der Waals surface area contributed by atoms with Crippen molar-refractivity contribution in [3.8, 4) is 11.5 Å². The van der Waals surface area contributed by atoms with Crippen LogP contribution in [0.25, 0.3) is 0 Å². The summed E-state index contributed by atoms with van der Waals surface area (Å²) in [7, 11) is 0. The van der Waals surface area contributed by atoms with Gasteiger partial charge in [0.05, 0.1) is 0 Å². The summed E-state index contributed by atoms with van der Waals surface area (Å²) in [6, 6.07) is 4.26. The molecule has 2 nitrogen and oxygen atoms in total. The molecular formula is C18H16F6O2. The van der Waals surface area contributed by atoms with Gasteiger partial charge in [0.15, 0.2) is 0 Å². The zero-order valence-electron chi connectivity index (χ0n) is 13.8. The average molecular weight is 378 g/mol. The zero-order chi connectivity index (χ0) is 19.9. The Hall–Kier alpha value is -2.38. The van der Waals surface area contributed by atoms with Crippen LogP contribution in [0.2, 0.25) is 0 Å². The summed E-state index contributed by atoms with van der Waals surface area (Å²) in [5, 5.41) is 19.2. The third-order valence-electron chi connectivity index (χ3n) is 4.37. The SMILES string of the molecule is CCc1cc(C(c2ccc(O)c(C)c2)(C(F)(F)F)C(F)(F)F)ccc1O. The van der Waals surface area contributed by atoms with Gasteiger partial charge in [-0.1, -0.05) is 31.2 Å². The van der Waals surface area contributed by atoms with Gasteiger partial charge in [-0.25, -0.2) is 0 Å². The predicted molar refractivity (Wildman–Crippen MR) is 83.2 cm³/mol. The quantitative estimate of drug-likeness (QED) is 0.704. The number of phenolic OH excluding ortho intramolecular Hbond substituents is 2. The Morgan fingerprint density at radius 1 is 0.769 bits per heavy atom. The van der Waals surface area contributed by atoms with Gasteiger partial charge in [0, 0.05) is 0 Å². The van der Waals surface area contributed by atoms with E-state index in [0.29, 0.717) is 18.2 Å². The minimum atomic E-state index is -5.71. The van der Waals surface area contributed by atoms with Crippen molar-refractivity contribution in [1.82, 2.24) is 0 Å². The highest BCUT2D eigenvalue weighted by atomic mass is 19.4. The molecule has 0 bridgehead atoms. The molecule has 2 rings (SSSR count). The van der Waals surface area contributed by atoms with E-state index in [0.717, 1.165) is 18.2 Å². The van der Waals surface area contributed by atoms with E-state index in [9.17, 15) is 36.6 Å². The number of alkyl halides is 6. The molecule has 0 aliphatic rings. The number of hydrogen-bond acceptors (Lipinski definition) is 2. The van der Waals surface area contributed by atoms with E-state index in [1.54, 1.807) is 0 Å². The van der Waals surface area contributed by atoms with Crippen LogP contribution >= 0.6 is 0 Å². The predicted octanol–water partition coefficient (Wildman–Crippen LogP) is 5.38. The lowest BCUT2D eigenvalue weighted by molar-refractivity contribution is -0.288. The van der Waals surface area contributed by atoms with Crippen LogP contribution < -0.4 is 0 Å². The fraction of sp³-hybridized carbons (Fsp3) is 0.333. The van der Waals surface area contributed by atoms with Crippen molar-refractivity contribution in [3.63, 3.8) is 0 Å². The van der Waals surface area contributed by atoms with E-state index in [-0.39, 0.29) is 23.3 Å². The van der Waals surface area contributed by atoms with Gasteiger partial charge in [0.2, 0.25) is 5.41 Å².